The number of hydrogen-bond acceptors (Lipinski definition) is 2. The highest BCUT2D eigenvalue weighted by Gasteiger charge is 2.20. The fraction of sp³-hybridized carbons (Fsp3) is 0.812. The van der Waals surface area contributed by atoms with E-state index in [2.05, 4.69) is 45.0 Å². The molecular formula is C16H30ClN3. The second-order valence-electron chi connectivity index (χ2n) is 6.44. The Morgan fingerprint density at radius 2 is 1.85 bits per heavy atom. The first-order valence-corrected chi connectivity index (χ1v) is 8.15. The first-order chi connectivity index (χ1) is 9.36. The van der Waals surface area contributed by atoms with E-state index < -0.39 is 0 Å². The van der Waals surface area contributed by atoms with Gasteiger partial charge in [-0.05, 0) is 43.7 Å². The minimum Gasteiger partial charge on any atom is -0.316 e. The predicted molar refractivity (Wildman–Crippen MR) is 87.3 cm³/mol. The van der Waals surface area contributed by atoms with Crippen LogP contribution in [0.1, 0.15) is 46.0 Å². The van der Waals surface area contributed by atoms with Crippen LogP contribution in [0.25, 0.3) is 0 Å². The van der Waals surface area contributed by atoms with Crippen molar-refractivity contribution in [2.24, 2.45) is 24.8 Å². The molecule has 0 amide bonds. The molecule has 1 heterocycles. The molecule has 4 heteroatoms. The van der Waals surface area contributed by atoms with Crippen LogP contribution in [0, 0.1) is 17.8 Å². The van der Waals surface area contributed by atoms with Crippen molar-refractivity contribution in [3.8, 4) is 0 Å². The second kappa shape index (κ2) is 8.04. The summed E-state index contributed by atoms with van der Waals surface area (Å²) in [6.45, 7) is 13.3. The van der Waals surface area contributed by atoms with Gasteiger partial charge in [0.25, 0.3) is 0 Å². The lowest BCUT2D eigenvalue weighted by atomic mass is 9.90. The number of nitrogens with one attached hydrogen (secondary N) is 1. The molecule has 1 aromatic rings. The molecule has 0 fully saturated rings. The Morgan fingerprint density at radius 3 is 2.30 bits per heavy atom. The SMILES string of the molecule is CCc1nn(C)c(CC(CNCC(C)C)C(C)C)c1Cl. The van der Waals surface area contributed by atoms with E-state index in [9.17, 15) is 0 Å². The van der Waals surface area contributed by atoms with Gasteiger partial charge in [0.15, 0.2) is 0 Å². The fourth-order valence-corrected chi connectivity index (χ4v) is 2.76. The van der Waals surface area contributed by atoms with Crippen molar-refractivity contribution in [2.75, 3.05) is 13.1 Å². The normalized spacial score (nSPS) is 13.4. The fourth-order valence-electron chi connectivity index (χ4n) is 2.39. The monoisotopic (exact) mass is 299 g/mol. The number of hydrogen-bond donors (Lipinski definition) is 1. The zero-order valence-electron chi connectivity index (χ0n) is 13.8. The summed E-state index contributed by atoms with van der Waals surface area (Å²) in [6, 6.07) is 0. The van der Waals surface area contributed by atoms with E-state index in [-0.39, 0.29) is 0 Å². The van der Waals surface area contributed by atoms with E-state index in [1.165, 1.54) is 5.69 Å². The van der Waals surface area contributed by atoms with Gasteiger partial charge in [-0.2, -0.15) is 5.10 Å². The smallest absolute Gasteiger partial charge is 0.0849 e. The molecule has 0 spiro atoms. The molecule has 1 unspecified atom stereocenters. The van der Waals surface area contributed by atoms with E-state index in [1.54, 1.807) is 0 Å². The Kier molecular flexibility index (Phi) is 7.04. The summed E-state index contributed by atoms with van der Waals surface area (Å²) >= 11 is 6.46. The number of nitrogens with zero attached hydrogens (tertiary/aromatic N) is 2. The van der Waals surface area contributed by atoms with E-state index in [4.69, 9.17) is 11.6 Å². The van der Waals surface area contributed by atoms with Crippen molar-refractivity contribution in [3.05, 3.63) is 16.4 Å². The minimum atomic E-state index is 0.589. The lowest BCUT2D eigenvalue weighted by Gasteiger charge is -2.22. The van der Waals surface area contributed by atoms with Gasteiger partial charge in [-0.3, -0.25) is 4.68 Å². The van der Waals surface area contributed by atoms with Crippen LogP contribution >= 0.6 is 11.6 Å². The van der Waals surface area contributed by atoms with Crippen molar-refractivity contribution in [3.63, 3.8) is 0 Å². The van der Waals surface area contributed by atoms with Crippen LogP contribution < -0.4 is 5.32 Å². The molecule has 1 atom stereocenters. The molecule has 3 nitrogen and oxygen atoms in total. The maximum Gasteiger partial charge on any atom is 0.0849 e. The van der Waals surface area contributed by atoms with E-state index in [0.717, 1.165) is 36.6 Å². The van der Waals surface area contributed by atoms with Crippen LogP contribution in [0.2, 0.25) is 5.02 Å². The highest BCUT2D eigenvalue weighted by Crippen LogP contribution is 2.25. The first-order valence-electron chi connectivity index (χ1n) is 7.77. The third-order valence-electron chi connectivity index (χ3n) is 3.86. The second-order valence-corrected chi connectivity index (χ2v) is 6.82. The zero-order valence-corrected chi connectivity index (χ0v) is 14.6. The summed E-state index contributed by atoms with van der Waals surface area (Å²) in [5.74, 6) is 1.91. The number of aryl methyl sites for hydroxylation is 2. The number of aromatic nitrogens is 2. The van der Waals surface area contributed by atoms with Crippen molar-refractivity contribution in [1.82, 2.24) is 15.1 Å². The summed E-state index contributed by atoms with van der Waals surface area (Å²) in [7, 11) is 2.00. The van der Waals surface area contributed by atoms with Gasteiger partial charge in [0.1, 0.15) is 0 Å². The summed E-state index contributed by atoms with van der Waals surface area (Å²) in [5, 5.41) is 8.95. The van der Waals surface area contributed by atoms with Crippen molar-refractivity contribution in [1.29, 1.82) is 0 Å². The third kappa shape index (κ3) is 4.78. The summed E-state index contributed by atoms with van der Waals surface area (Å²) in [6.07, 6.45) is 1.88. The molecule has 1 N–H and O–H groups in total. The molecule has 0 bridgehead atoms. The van der Waals surface area contributed by atoms with Crippen LogP contribution in [0.4, 0.5) is 0 Å². The maximum atomic E-state index is 6.46. The Bertz CT molecular complexity index is 410. The van der Waals surface area contributed by atoms with Gasteiger partial charge < -0.3 is 5.32 Å². The van der Waals surface area contributed by atoms with Gasteiger partial charge in [-0.15, -0.1) is 0 Å². The first kappa shape index (κ1) is 17.5. The summed E-state index contributed by atoms with van der Waals surface area (Å²) in [4.78, 5) is 0. The van der Waals surface area contributed by atoms with Gasteiger partial charge in [0, 0.05) is 7.05 Å². The van der Waals surface area contributed by atoms with Gasteiger partial charge in [0.05, 0.1) is 16.4 Å². The topological polar surface area (TPSA) is 29.9 Å². The van der Waals surface area contributed by atoms with Gasteiger partial charge in [-0.25, -0.2) is 0 Å². The van der Waals surface area contributed by atoms with Crippen LogP contribution in [-0.2, 0) is 19.9 Å². The van der Waals surface area contributed by atoms with Crippen LogP contribution in [-0.4, -0.2) is 22.9 Å². The van der Waals surface area contributed by atoms with Crippen LogP contribution in [0.5, 0.6) is 0 Å². The Hall–Kier alpha value is -0.540. The van der Waals surface area contributed by atoms with Gasteiger partial charge in [-0.1, -0.05) is 46.2 Å². The van der Waals surface area contributed by atoms with Gasteiger partial charge >= 0.3 is 0 Å². The van der Waals surface area contributed by atoms with E-state index in [0.29, 0.717) is 17.8 Å². The molecule has 0 aliphatic rings. The molecular weight excluding hydrogens is 270 g/mol. The molecule has 0 saturated heterocycles. The highest BCUT2D eigenvalue weighted by atomic mass is 35.5. The average Bonchev–Trinajstić information content (AvgIpc) is 2.63. The number of rotatable bonds is 8. The average molecular weight is 300 g/mol. The quantitative estimate of drug-likeness (QED) is 0.793. The minimum absolute atomic E-state index is 0.589. The predicted octanol–water partition coefficient (Wildman–Crippen LogP) is 3.70. The lowest BCUT2D eigenvalue weighted by Crippen LogP contribution is -2.30. The Morgan fingerprint density at radius 1 is 1.20 bits per heavy atom. The highest BCUT2D eigenvalue weighted by molar-refractivity contribution is 6.31. The number of halogens is 1. The van der Waals surface area contributed by atoms with Crippen molar-refractivity contribution >= 4 is 11.6 Å². The largest absolute Gasteiger partial charge is 0.316 e. The molecule has 1 rings (SSSR count). The molecule has 20 heavy (non-hydrogen) atoms. The standard InChI is InChI=1S/C16H30ClN3/c1-7-14-16(17)15(20(6)19-14)8-13(12(4)5)10-18-9-11(2)3/h11-13,18H,7-10H2,1-6H3. The molecule has 1 aromatic heterocycles. The summed E-state index contributed by atoms with van der Waals surface area (Å²) in [5.41, 5.74) is 2.19. The molecule has 0 aromatic carbocycles. The van der Waals surface area contributed by atoms with Gasteiger partial charge in [0.2, 0.25) is 0 Å². The molecule has 116 valence electrons. The lowest BCUT2D eigenvalue weighted by molar-refractivity contribution is 0.346. The van der Waals surface area contributed by atoms with Crippen molar-refractivity contribution in [2.45, 2.75) is 47.5 Å². The van der Waals surface area contributed by atoms with Crippen molar-refractivity contribution < 1.29 is 0 Å². The van der Waals surface area contributed by atoms with E-state index >= 15 is 0 Å². The molecule has 0 saturated carbocycles. The maximum absolute atomic E-state index is 6.46. The van der Waals surface area contributed by atoms with E-state index in [1.807, 2.05) is 11.7 Å². The third-order valence-corrected chi connectivity index (χ3v) is 4.30. The Labute approximate surface area is 129 Å². The molecule has 0 radical (unpaired) electrons. The Balaban J connectivity index is 2.73. The molecule has 0 aliphatic carbocycles. The summed E-state index contributed by atoms with van der Waals surface area (Å²) < 4.78 is 1.96. The zero-order chi connectivity index (χ0) is 15.3. The van der Waals surface area contributed by atoms with Crippen LogP contribution in [0.15, 0.2) is 0 Å². The molecule has 0 aliphatic heterocycles. The van der Waals surface area contributed by atoms with Crippen LogP contribution in [0.3, 0.4) is 0 Å².